The first kappa shape index (κ1) is 20.4. The summed E-state index contributed by atoms with van der Waals surface area (Å²) in [5, 5.41) is 12.4. The van der Waals surface area contributed by atoms with E-state index in [2.05, 4.69) is 10.3 Å². The Morgan fingerprint density at radius 2 is 1.97 bits per heavy atom. The molecule has 1 atom stereocenters. The standard InChI is InChI=1S/C25H23FN4O2/c26-22-11-19(3-4-20(22)13-27)25-29-23(32-15-16-9-10-28-14-16)12-24(31)30(25)21-7-5-18(6-8-21)17-1-2-17/h3-8,11-12,16-17,28H,1-2,9-10,14-15H2/t16-/m0/s1. The maximum absolute atomic E-state index is 14.4. The molecule has 2 fully saturated rings. The van der Waals surface area contributed by atoms with Crippen LogP contribution in [0.4, 0.5) is 4.39 Å². The first-order valence-electron chi connectivity index (χ1n) is 10.9. The molecule has 1 aromatic heterocycles. The Balaban J connectivity index is 1.56. The van der Waals surface area contributed by atoms with Gasteiger partial charge in [-0.1, -0.05) is 12.1 Å². The monoisotopic (exact) mass is 430 g/mol. The van der Waals surface area contributed by atoms with Crippen molar-refractivity contribution in [3.8, 4) is 29.0 Å². The zero-order valence-electron chi connectivity index (χ0n) is 17.6. The Morgan fingerprint density at radius 3 is 2.62 bits per heavy atom. The summed E-state index contributed by atoms with van der Waals surface area (Å²) in [5.74, 6) is 0.808. The Morgan fingerprint density at radius 1 is 1.16 bits per heavy atom. The quantitative estimate of drug-likeness (QED) is 0.644. The van der Waals surface area contributed by atoms with Crippen molar-refractivity contribution < 1.29 is 9.13 Å². The highest BCUT2D eigenvalue weighted by molar-refractivity contribution is 5.61. The topological polar surface area (TPSA) is 79.9 Å². The molecule has 2 heterocycles. The second-order valence-corrected chi connectivity index (χ2v) is 8.43. The molecule has 5 rings (SSSR count). The van der Waals surface area contributed by atoms with E-state index in [4.69, 9.17) is 10.00 Å². The van der Waals surface area contributed by atoms with Crippen LogP contribution in [0.3, 0.4) is 0 Å². The average Bonchev–Trinajstić information content (AvgIpc) is 3.52. The lowest BCUT2D eigenvalue weighted by Gasteiger charge is -2.16. The van der Waals surface area contributed by atoms with Gasteiger partial charge in [-0.15, -0.1) is 0 Å². The number of nitrogens with one attached hydrogen (secondary N) is 1. The summed E-state index contributed by atoms with van der Waals surface area (Å²) in [7, 11) is 0. The molecule has 7 heteroatoms. The van der Waals surface area contributed by atoms with Gasteiger partial charge in [-0.05, 0) is 67.6 Å². The van der Waals surface area contributed by atoms with Crippen LogP contribution in [0.1, 0.15) is 36.3 Å². The summed E-state index contributed by atoms with van der Waals surface area (Å²) in [6.07, 6.45) is 3.40. The van der Waals surface area contributed by atoms with E-state index in [1.165, 1.54) is 41.2 Å². The first-order valence-corrected chi connectivity index (χ1v) is 10.9. The number of nitrogens with zero attached hydrogens (tertiary/aromatic N) is 3. The molecular formula is C25H23FN4O2. The maximum Gasteiger partial charge on any atom is 0.262 e. The number of ether oxygens (including phenoxy) is 1. The largest absolute Gasteiger partial charge is 0.477 e. The molecule has 6 nitrogen and oxygen atoms in total. The van der Waals surface area contributed by atoms with Crippen LogP contribution in [0.2, 0.25) is 0 Å². The molecule has 0 bridgehead atoms. The molecule has 1 saturated carbocycles. The molecular weight excluding hydrogens is 407 g/mol. The SMILES string of the molecule is N#Cc1ccc(-c2nc(OC[C@H]3CCNC3)cc(=O)n2-c2ccc(C3CC3)cc2)cc1F. The zero-order chi connectivity index (χ0) is 22.1. The lowest BCUT2D eigenvalue weighted by atomic mass is 10.1. The molecule has 162 valence electrons. The van der Waals surface area contributed by atoms with Crippen molar-refractivity contribution in [2.45, 2.75) is 25.2 Å². The molecule has 2 aromatic carbocycles. The molecule has 1 aliphatic heterocycles. The van der Waals surface area contributed by atoms with E-state index in [1.54, 1.807) is 6.07 Å². The Labute approximate surface area is 185 Å². The van der Waals surface area contributed by atoms with Gasteiger partial charge in [-0.25, -0.2) is 4.39 Å². The summed E-state index contributed by atoms with van der Waals surface area (Å²) < 4.78 is 21.7. The fourth-order valence-electron chi connectivity index (χ4n) is 4.10. The first-order chi connectivity index (χ1) is 15.6. The Bertz CT molecular complexity index is 1240. The van der Waals surface area contributed by atoms with E-state index in [-0.39, 0.29) is 22.8 Å². The normalized spacial score (nSPS) is 17.8. The van der Waals surface area contributed by atoms with Gasteiger partial charge >= 0.3 is 0 Å². The summed E-state index contributed by atoms with van der Waals surface area (Å²) in [6.45, 7) is 2.29. The van der Waals surface area contributed by atoms with Gasteiger partial charge in [0.1, 0.15) is 11.9 Å². The third-order valence-electron chi connectivity index (χ3n) is 6.07. The molecule has 0 radical (unpaired) electrons. The number of halogens is 1. The third kappa shape index (κ3) is 4.14. The minimum Gasteiger partial charge on any atom is -0.477 e. The highest BCUT2D eigenvalue weighted by Crippen LogP contribution is 2.40. The van der Waals surface area contributed by atoms with Crippen molar-refractivity contribution in [1.82, 2.24) is 14.9 Å². The molecule has 2 aliphatic rings. The summed E-state index contributed by atoms with van der Waals surface area (Å²) >= 11 is 0. The molecule has 32 heavy (non-hydrogen) atoms. The van der Waals surface area contributed by atoms with Crippen LogP contribution in [-0.4, -0.2) is 29.2 Å². The van der Waals surface area contributed by atoms with Gasteiger partial charge < -0.3 is 10.1 Å². The van der Waals surface area contributed by atoms with Gasteiger partial charge in [0.2, 0.25) is 5.88 Å². The van der Waals surface area contributed by atoms with Crippen LogP contribution in [-0.2, 0) is 0 Å². The summed E-state index contributed by atoms with van der Waals surface area (Å²) in [4.78, 5) is 17.7. The van der Waals surface area contributed by atoms with Crippen molar-refractivity contribution >= 4 is 0 Å². The lowest BCUT2D eigenvalue weighted by Crippen LogP contribution is -2.23. The van der Waals surface area contributed by atoms with Crippen molar-refractivity contribution in [1.29, 1.82) is 5.26 Å². The van der Waals surface area contributed by atoms with Crippen molar-refractivity contribution in [3.63, 3.8) is 0 Å². The lowest BCUT2D eigenvalue weighted by molar-refractivity contribution is 0.250. The fraction of sp³-hybridized carbons (Fsp3) is 0.320. The number of aromatic nitrogens is 2. The smallest absolute Gasteiger partial charge is 0.262 e. The molecule has 1 saturated heterocycles. The van der Waals surface area contributed by atoms with E-state index >= 15 is 0 Å². The summed E-state index contributed by atoms with van der Waals surface area (Å²) in [6, 6.07) is 15.3. The van der Waals surface area contributed by atoms with Gasteiger partial charge in [0.25, 0.3) is 5.56 Å². The van der Waals surface area contributed by atoms with E-state index < -0.39 is 5.82 Å². The van der Waals surface area contributed by atoms with Crippen LogP contribution in [0.5, 0.6) is 5.88 Å². The molecule has 0 unspecified atom stereocenters. The highest BCUT2D eigenvalue weighted by atomic mass is 19.1. The van der Waals surface area contributed by atoms with Crippen LogP contribution >= 0.6 is 0 Å². The van der Waals surface area contributed by atoms with Gasteiger partial charge in [-0.3, -0.25) is 9.36 Å². The van der Waals surface area contributed by atoms with Gasteiger partial charge in [-0.2, -0.15) is 10.2 Å². The predicted molar refractivity (Wildman–Crippen MR) is 118 cm³/mol. The number of hydrogen-bond acceptors (Lipinski definition) is 5. The van der Waals surface area contributed by atoms with Gasteiger partial charge in [0, 0.05) is 18.0 Å². The highest BCUT2D eigenvalue weighted by Gasteiger charge is 2.23. The number of nitriles is 1. The number of hydrogen-bond donors (Lipinski definition) is 1. The fourth-order valence-corrected chi connectivity index (χ4v) is 4.10. The van der Waals surface area contributed by atoms with E-state index in [0.29, 0.717) is 29.7 Å². The summed E-state index contributed by atoms with van der Waals surface area (Å²) in [5.41, 5.74) is 1.94. The van der Waals surface area contributed by atoms with Crippen molar-refractivity contribution in [3.05, 3.63) is 75.8 Å². The van der Waals surface area contributed by atoms with Crippen molar-refractivity contribution in [2.75, 3.05) is 19.7 Å². The van der Waals surface area contributed by atoms with Crippen LogP contribution in [0.15, 0.2) is 53.3 Å². The van der Waals surface area contributed by atoms with Crippen molar-refractivity contribution in [2.24, 2.45) is 5.92 Å². The minimum absolute atomic E-state index is 0.0578. The average molecular weight is 430 g/mol. The minimum atomic E-state index is -0.654. The van der Waals surface area contributed by atoms with E-state index in [0.717, 1.165) is 19.5 Å². The van der Waals surface area contributed by atoms with Crippen LogP contribution in [0.25, 0.3) is 17.1 Å². The second kappa shape index (κ2) is 8.56. The number of benzene rings is 2. The van der Waals surface area contributed by atoms with E-state index in [1.807, 2.05) is 30.3 Å². The maximum atomic E-state index is 14.4. The Hall–Kier alpha value is -3.50. The predicted octanol–water partition coefficient (Wildman–Crippen LogP) is 3.78. The van der Waals surface area contributed by atoms with Gasteiger partial charge in [0.05, 0.1) is 23.9 Å². The molecule has 0 spiro atoms. The van der Waals surface area contributed by atoms with Gasteiger partial charge in [0.15, 0.2) is 5.82 Å². The third-order valence-corrected chi connectivity index (χ3v) is 6.07. The second-order valence-electron chi connectivity index (χ2n) is 8.43. The number of rotatable bonds is 6. The van der Waals surface area contributed by atoms with Crippen LogP contribution < -0.4 is 15.6 Å². The molecule has 1 N–H and O–H groups in total. The molecule has 1 aliphatic carbocycles. The molecule has 0 amide bonds. The van der Waals surface area contributed by atoms with E-state index in [9.17, 15) is 9.18 Å². The Kier molecular flexibility index (Phi) is 5.46. The zero-order valence-corrected chi connectivity index (χ0v) is 17.6. The molecule has 3 aromatic rings. The van der Waals surface area contributed by atoms with Crippen LogP contribution in [0, 0.1) is 23.1 Å².